The number of nitrogens with two attached hydrogens (primary N) is 1. The van der Waals surface area contributed by atoms with E-state index in [0.29, 0.717) is 10.2 Å². The van der Waals surface area contributed by atoms with Crippen LogP contribution < -0.4 is 10.5 Å². The molecule has 1 atom stereocenters. The van der Waals surface area contributed by atoms with E-state index < -0.39 is 16.4 Å². The summed E-state index contributed by atoms with van der Waals surface area (Å²) in [4.78, 5) is 10.2. The Morgan fingerprint density at radius 3 is 2.52 bits per heavy atom. The van der Waals surface area contributed by atoms with Crippen LogP contribution in [-0.4, -0.2) is 4.92 Å². The van der Waals surface area contributed by atoms with Crippen molar-refractivity contribution in [3.05, 3.63) is 62.4 Å². The topological polar surface area (TPSA) is 78.4 Å². The minimum atomic E-state index is -0.694. The first kappa shape index (κ1) is 15.4. The molecular weight excluding hydrogens is 343 g/mol. The molecule has 0 amide bonds. The van der Waals surface area contributed by atoms with Gasteiger partial charge in [-0.15, -0.1) is 0 Å². The van der Waals surface area contributed by atoms with Crippen LogP contribution in [0, 0.1) is 15.9 Å². The number of halogens is 2. The maximum atomic E-state index is 13.1. The molecule has 2 N–H and O–H groups in total. The fourth-order valence-corrected chi connectivity index (χ4v) is 2.20. The van der Waals surface area contributed by atoms with E-state index in [2.05, 4.69) is 15.9 Å². The molecule has 7 heteroatoms. The maximum Gasteiger partial charge on any atom is 0.314 e. The van der Waals surface area contributed by atoms with Crippen LogP contribution in [0.5, 0.6) is 11.5 Å². The zero-order valence-corrected chi connectivity index (χ0v) is 12.6. The number of rotatable bonds is 4. The van der Waals surface area contributed by atoms with Gasteiger partial charge < -0.3 is 10.5 Å². The molecule has 0 bridgehead atoms. The highest BCUT2D eigenvalue weighted by atomic mass is 79.9. The zero-order chi connectivity index (χ0) is 15.6. The Morgan fingerprint density at radius 1 is 1.29 bits per heavy atom. The van der Waals surface area contributed by atoms with Crippen molar-refractivity contribution in [1.82, 2.24) is 0 Å². The van der Waals surface area contributed by atoms with Crippen molar-refractivity contribution in [1.29, 1.82) is 0 Å². The van der Waals surface area contributed by atoms with E-state index >= 15 is 0 Å². The molecule has 2 rings (SSSR count). The molecule has 0 fully saturated rings. The summed E-state index contributed by atoms with van der Waals surface area (Å²) in [6.45, 7) is 1.84. The van der Waals surface area contributed by atoms with E-state index in [1.165, 1.54) is 6.07 Å². The van der Waals surface area contributed by atoms with Gasteiger partial charge in [0, 0.05) is 6.04 Å². The predicted molar refractivity (Wildman–Crippen MR) is 79.9 cm³/mol. The molecule has 0 saturated heterocycles. The van der Waals surface area contributed by atoms with Crippen molar-refractivity contribution in [3.8, 4) is 11.5 Å². The first-order valence-corrected chi connectivity index (χ1v) is 6.84. The largest absolute Gasteiger partial charge is 0.449 e. The van der Waals surface area contributed by atoms with Crippen LogP contribution in [0.2, 0.25) is 0 Å². The third kappa shape index (κ3) is 3.56. The second-order valence-corrected chi connectivity index (χ2v) is 5.30. The van der Waals surface area contributed by atoms with Gasteiger partial charge in [0.2, 0.25) is 5.75 Å². The van der Waals surface area contributed by atoms with Gasteiger partial charge in [-0.1, -0.05) is 6.07 Å². The Bertz CT molecular complexity index is 692. The summed E-state index contributed by atoms with van der Waals surface area (Å²) in [6, 6.07) is 8.19. The summed E-state index contributed by atoms with van der Waals surface area (Å²) in [6.07, 6.45) is 0. The number of benzene rings is 2. The summed E-state index contributed by atoms with van der Waals surface area (Å²) in [5.74, 6) is -0.342. The molecule has 0 saturated carbocycles. The first-order chi connectivity index (χ1) is 9.88. The van der Waals surface area contributed by atoms with E-state index in [0.717, 1.165) is 17.7 Å². The van der Waals surface area contributed by atoms with Crippen molar-refractivity contribution in [2.75, 3.05) is 0 Å². The number of nitro groups is 1. The Balaban J connectivity index is 2.37. The normalized spacial score (nSPS) is 12.0. The van der Waals surface area contributed by atoms with Crippen molar-refractivity contribution in [2.45, 2.75) is 13.0 Å². The molecule has 0 aliphatic rings. The molecule has 110 valence electrons. The smallest absolute Gasteiger partial charge is 0.314 e. The van der Waals surface area contributed by atoms with Gasteiger partial charge in [-0.2, -0.15) is 0 Å². The lowest BCUT2D eigenvalue weighted by molar-refractivity contribution is -0.385. The Labute approximate surface area is 128 Å². The number of nitrogens with zero attached hydrogens (tertiary/aromatic N) is 1. The monoisotopic (exact) mass is 354 g/mol. The SMILES string of the molecule is C[C@@H](N)c1ccc(Oc2ccc(F)cc2[N+](=O)[O-])c(Br)c1. The van der Waals surface area contributed by atoms with Crippen molar-refractivity contribution < 1.29 is 14.1 Å². The van der Waals surface area contributed by atoms with Gasteiger partial charge in [0.15, 0.2) is 0 Å². The van der Waals surface area contributed by atoms with Gasteiger partial charge in [0.25, 0.3) is 0 Å². The molecular formula is C14H12BrFN2O3. The van der Waals surface area contributed by atoms with Crippen molar-refractivity contribution >= 4 is 21.6 Å². The highest BCUT2D eigenvalue weighted by molar-refractivity contribution is 9.10. The van der Waals surface area contributed by atoms with Crippen LogP contribution in [0.1, 0.15) is 18.5 Å². The number of ether oxygens (including phenoxy) is 1. The molecule has 0 aliphatic carbocycles. The second-order valence-electron chi connectivity index (χ2n) is 4.45. The van der Waals surface area contributed by atoms with Gasteiger partial charge in [0.1, 0.15) is 11.6 Å². The Morgan fingerprint density at radius 2 is 1.95 bits per heavy atom. The van der Waals surface area contributed by atoms with Gasteiger partial charge in [-0.05, 0) is 52.7 Å². The lowest BCUT2D eigenvalue weighted by atomic mass is 10.1. The molecule has 0 spiro atoms. The molecule has 0 aromatic heterocycles. The van der Waals surface area contributed by atoms with E-state index in [-0.39, 0.29) is 11.8 Å². The molecule has 0 unspecified atom stereocenters. The van der Waals surface area contributed by atoms with Crippen LogP contribution in [0.25, 0.3) is 0 Å². The van der Waals surface area contributed by atoms with E-state index in [4.69, 9.17) is 10.5 Å². The number of hydrogen-bond donors (Lipinski definition) is 1. The third-order valence-electron chi connectivity index (χ3n) is 2.82. The van der Waals surface area contributed by atoms with Crippen LogP contribution >= 0.6 is 15.9 Å². The number of hydrogen-bond acceptors (Lipinski definition) is 4. The standard InChI is InChI=1S/C14H12BrFN2O3/c1-8(17)9-2-4-13(11(15)6-9)21-14-5-3-10(16)7-12(14)18(19)20/h2-8H,17H2,1H3/t8-/m1/s1. The summed E-state index contributed by atoms with van der Waals surface area (Å²) >= 11 is 3.32. The molecule has 0 aliphatic heterocycles. The highest BCUT2D eigenvalue weighted by Crippen LogP contribution is 2.36. The predicted octanol–water partition coefficient (Wildman–Crippen LogP) is 4.31. The summed E-state index contributed by atoms with van der Waals surface area (Å²) in [7, 11) is 0. The van der Waals surface area contributed by atoms with E-state index in [1.807, 2.05) is 6.92 Å². The van der Waals surface area contributed by atoms with Crippen molar-refractivity contribution in [2.24, 2.45) is 5.73 Å². The average molecular weight is 355 g/mol. The number of nitro benzene ring substituents is 1. The fraction of sp³-hybridized carbons (Fsp3) is 0.143. The van der Waals surface area contributed by atoms with Crippen LogP contribution in [-0.2, 0) is 0 Å². The van der Waals surface area contributed by atoms with E-state index in [1.54, 1.807) is 18.2 Å². The highest BCUT2D eigenvalue weighted by Gasteiger charge is 2.18. The maximum absolute atomic E-state index is 13.1. The molecule has 0 radical (unpaired) electrons. The average Bonchev–Trinajstić information content (AvgIpc) is 2.42. The lowest BCUT2D eigenvalue weighted by Gasteiger charge is -2.11. The summed E-state index contributed by atoms with van der Waals surface area (Å²) in [5, 5.41) is 10.9. The van der Waals surface area contributed by atoms with Crippen LogP contribution in [0.4, 0.5) is 10.1 Å². The second kappa shape index (κ2) is 6.19. The minimum absolute atomic E-state index is 0.0318. The molecule has 2 aromatic carbocycles. The quantitative estimate of drug-likeness (QED) is 0.655. The van der Waals surface area contributed by atoms with Gasteiger partial charge in [-0.25, -0.2) is 4.39 Å². The summed E-state index contributed by atoms with van der Waals surface area (Å²) in [5.41, 5.74) is 6.23. The van der Waals surface area contributed by atoms with Crippen molar-refractivity contribution in [3.63, 3.8) is 0 Å². The van der Waals surface area contributed by atoms with Gasteiger partial charge in [-0.3, -0.25) is 10.1 Å². The fourth-order valence-electron chi connectivity index (χ4n) is 1.72. The van der Waals surface area contributed by atoms with Gasteiger partial charge in [0.05, 0.1) is 15.5 Å². The third-order valence-corrected chi connectivity index (χ3v) is 3.44. The van der Waals surface area contributed by atoms with Gasteiger partial charge >= 0.3 is 5.69 Å². The van der Waals surface area contributed by atoms with Crippen LogP contribution in [0.15, 0.2) is 40.9 Å². The molecule has 21 heavy (non-hydrogen) atoms. The molecule has 0 heterocycles. The van der Waals surface area contributed by atoms with E-state index in [9.17, 15) is 14.5 Å². The summed E-state index contributed by atoms with van der Waals surface area (Å²) < 4.78 is 19.2. The first-order valence-electron chi connectivity index (χ1n) is 6.05. The Kier molecular flexibility index (Phi) is 4.54. The lowest BCUT2D eigenvalue weighted by Crippen LogP contribution is -2.04. The van der Waals surface area contributed by atoms with Crippen LogP contribution in [0.3, 0.4) is 0 Å². The Hall–Kier alpha value is -1.99. The minimum Gasteiger partial charge on any atom is -0.449 e. The molecule has 5 nitrogen and oxygen atoms in total. The molecule has 2 aromatic rings. The zero-order valence-electron chi connectivity index (χ0n) is 11.0.